The number of piperazine rings is 1. The quantitative estimate of drug-likeness (QED) is 0.311. The number of phenols is 3. The SMILES string of the molecule is Cc1oc2c(CC(C)C)c(O)c(O)c(O)c2c(=O)c1-c1ccc(C(=O)N2CCN(c3ccccc3)CC2)cc1. The Balaban J connectivity index is 1.43. The Morgan fingerprint density at radius 3 is 2.15 bits per heavy atom. The Morgan fingerprint density at radius 2 is 1.54 bits per heavy atom. The van der Waals surface area contributed by atoms with E-state index >= 15 is 0 Å². The summed E-state index contributed by atoms with van der Waals surface area (Å²) in [4.78, 5) is 30.9. The van der Waals surface area contributed by atoms with Crippen LogP contribution in [0.1, 0.15) is 35.5 Å². The van der Waals surface area contributed by atoms with Gasteiger partial charge in [0.05, 0.1) is 5.56 Å². The number of hydrogen-bond acceptors (Lipinski definition) is 7. The van der Waals surface area contributed by atoms with Gasteiger partial charge in [-0.25, -0.2) is 0 Å². The molecule has 39 heavy (non-hydrogen) atoms. The first-order valence-electron chi connectivity index (χ1n) is 13.1. The highest BCUT2D eigenvalue weighted by atomic mass is 16.3. The second-order valence-corrected chi connectivity index (χ2v) is 10.4. The van der Waals surface area contributed by atoms with Crippen molar-refractivity contribution in [2.24, 2.45) is 5.92 Å². The molecule has 1 saturated heterocycles. The molecule has 2 heterocycles. The third-order valence-corrected chi connectivity index (χ3v) is 7.25. The minimum atomic E-state index is -0.742. The molecule has 0 spiro atoms. The number of hydrogen-bond donors (Lipinski definition) is 3. The number of rotatable bonds is 5. The number of phenolic OH excluding ortho intramolecular Hbond substituents is 3. The van der Waals surface area contributed by atoms with Crippen LogP contribution in [0.15, 0.2) is 63.8 Å². The van der Waals surface area contributed by atoms with Crippen molar-refractivity contribution in [3.8, 4) is 28.4 Å². The predicted octanol–water partition coefficient (Wildman–Crippen LogP) is 5.05. The van der Waals surface area contributed by atoms with Crippen molar-refractivity contribution in [3.63, 3.8) is 0 Å². The fraction of sp³-hybridized carbons (Fsp3) is 0.290. The van der Waals surface area contributed by atoms with Crippen LogP contribution in [0.25, 0.3) is 22.1 Å². The number of fused-ring (bicyclic) bond motifs is 1. The standard InChI is InChI=1S/C31H32N2O6/c1-18(2)17-23-26(34)29(37)28(36)25-27(35)24(19(3)39-30(23)25)20-9-11-21(12-10-20)31(38)33-15-13-32(14-16-33)22-7-5-4-6-8-22/h4-12,18,34,36-37H,13-17H2,1-3H3. The van der Waals surface area contributed by atoms with Crippen LogP contribution < -0.4 is 10.3 Å². The molecule has 0 aliphatic carbocycles. The fourth-order valence-electron chi connectivity index (χ4n) is 5.25. The maximum absolute atomic E-state index is 13.6. The van der Waals surface area contributed by atoms with Gasteiger partial charge in [0.25, 0.3) is 5.91 Å². The van der Waals surface area contributed by atoms with Crippen LogP contribution in [-0.4, -0.2) is 52.3 Å². The third-order valence-electron chi connectivity index (χ3n) is 7.25. The number of para-hydroxylation sites is 1. The lowest BCUT2D eigenvalue weighted by atomic mass is 9.95. The predicted molar refractivity (Wildman–Crippen MR) is 151 cm³/mol. The maximum Gasteiger partial charge on any atom is 0.253 e. The van der Waals surface area contributed by atoms with Crippen LogP contribution in [0.3, 0.4) is 0 Å². The Bertz CT molecular complexity index is 1580. The number of nitrogens with zero attached hydrogens (tertiary/aromatic N) is 2. The van der Waals surface area contributed by atoms with Gasteiger partial charge in [0, 0.05) is 43.0 Å². The van der Waals surface area contributed by atoms with E-state index in [9.17, 15) is 24.9 Å². The van der Waals surface area contributed by atoms with Crippen molar-refractivity contribution < 1.29 is 24.5 Å². The highest BCUT2D eigenvalue weighted by Crippen LogP contribution is 2.45. The summed E-state index contributed by atoms with van der Waals surface area (Å²) < 4.78 is 5.99. The van der Waals surface area contributed by atoms with Gasteiger partial charge in [0.2, 0.25) is 11.2 Å². The lowest BCUT2D eigenvalue weighted by Gasteiger charge is -2.36. The van der Waals surface area contributed by atoms with Gasteiger partial charge in [-0.2, -0.15) is 0 Å². The zero-order valence-electron chi connectivity index (χ0n) is 22.3. The van der Waals surface area contributed by atoms with Gasteiger partial charge in [-0.1, -0.05) is 44.2 Å². The summed E-state index contributed by atoms with van der Waals surface area (Å²) >= 11 is 0. The first-order valence-corrected chi connectivity index (χ1v) is 13.1. The van der Waals surface area contributed by atoms with Crippen molar-refractivity contribution in [3.05, 3.63) is 81.7 Å². The zero-order valence-corrected chi connectivity index (χ0v) is 22.3. The second-order valence-electron chi connectivity index (χ2n) is 10.4. The van der Waals surface area contributed by atoms with E-state index in [1.54, 1.807) is 31.2 Å². The van der Waals surface area contributed by atoms with Crippen LogP contribution in [0.4, 0.5) is 5.69 Å². The van der Waals surface area contributed by atoms with Gasteiger partial charge in [-0.3, -0.25) is 9.59 Å². The molecule has 8 heteroatoms. The van der Waals surface area contributed by atoms with Gasteiger partial charge < -0.3 is 29.5 Å². The second kappa shape index (κ2) is 10.4. The van der Waals surface area contributed by atoms with Crippen LogP contribution >= 0.6 is 0 Å². The monoisotopic (exact) mass is 528 g/mol. The van der Waals surface area contributed by atoms with Crippen molar-refractivity contribution in [2.75, 3.05) is 31.1 Å². The summed E-state index contributed by atoms with van der Waals surface area (Å²) in [7, 11) is 0. The first-order chi connectivity index (χ1) is 18.7. The number of aromatic hydroxyl groups is 3. The highest BCUT2D eigenvalue weighted by Gasteiger charge is 2.26. The minimum absolute atomic E-state index is 0.0594. The molecule has 1 aliphatic heterocycles. The first kappa shape index (κ1) is 26.2. The summed E-state index contributed by atoms with van der Waals surface area (Å²) in [6.45, 7) is 8.21. The van der Waals surface area contributed by atoms with Crippen LogP contribution in [-0.2, 0) is 6.42 Å². The van der Waals surface area contributed by atoms with Crippen molar-refractivity contribution in [2.45, 2.75) is 27.2 Å². The molecule has 0 saturated carbocycles. The van der Waals surface area contributed by atoms with Crippen LogP contribution in [0.2, 0.25) is 0 Å². The number of carbonyl (C=O) groups excluding carboxylic acids is 1. The summed E-state index contributed by atoms with van der Waals surface area (Å²) in [6, 6.07) is 16.9. The Hall–Kier alpha value is -4.46. The molecule has 0 radical (unpaired) electrons. The van der Waals surface area contributed by atoms with Crippen LogP contribution in [0.5, 0.6) is 17.2 Å². The summed E-state index contributed by atoms with van der Waals surface area (Å²) in [5.74, 6) is -1.62. The Kier molecular flexibility index (Phi) is 6.95. The molecule has 0 bridgehead atoms. The number of amides is 1. The smallest absolute Gasteiger partial charge is 0.253 e. The molecule has 1 aliphatic rings. The lowest BCUT2D eigenvalue weighted by molar-refractivity contribution is 0.0747. The molecule has 202 valence electrons. The van der Waals surface area contributed by atoms with Crippen molar-refractivity contribution in [1.29, 1.82) is 0 Å². The van der Waals surface area contributed by atoms with E-state index in [4.69, 9.17) is 4.42 Å². The molecule has 4 aromatic rings. The third kappa shape index (κ3) is 4.78. The average Bonchev–Trinajstić information content (AvgIpc) is 2.94. The van der Waals surface area contributed by atoms with Crippen molar-refractivity contribution in [1.82, 2.24) is 4.90 Å². The maximum atomic E-state index is 13.6. The number of carbonyl (C=O) groups is 1. The zero-order chi connectivity index (χ0) is 27.8. The van der Waals surface area contributed by atoms with Gasteiger partial charge in [0.15, 0.2) is 11.5 Å². The summed E-state index contributed by atoms with van der Waals surface area (Å²) in [6.07, 6.45) is 0.342. The van der Waals surface area contributed by atoms with Gasteiger partial charge in [-0.15, -0.1) is 0 Å². The van der Waals surface area contributed by atoms with E-state index in [1.165, 1.54) is 0 Å². The van der Waals surface area contributed by atoms with E-state index in [1.807, 2.05) is 36.9 Å². The Labute approximate surface area is 226 Å². The van der Waals surface area contributed by atoms with E-state index < -0.39 is 22.7 Å². The molecule has 5 rings (SSSR count). The molecule has 0 atom stereocenters. The lowest BCUT2D eigenvalue weighted by Crippen LogP contribution is -2.48. The molecule has 0 unspecified atom stereocenters. The van der Waals surface area contributed by atoms with Crippen molar-refractivity contribution >= 4 is 22.6 Å². The normalized spacial score (nSPS) is 13.8. The fourth-order valence-corrected chi connectivity index (χ4v) is 5.25. The highest BCUT2D eigenvalue weighted by molar-refractivity contribution is 5.96. The van der Waals surface area contributed by atoms with Gasteiger partial charge >= 0.3 is 0 Å². The van der Waals surface area contributed by atoms with E-state index in [-0.39, 0.29) is 33.9 Å². The molecule has 8 nitrogen and oxygen atoms in total. The number of benzene rings is 3. The molecule has 1 fully saturated rings. The molecule has 3 aromatic carbocycles. The topological polar surface area (TPSA) is 114 Å². The van der Waals surface area contributed by atoms with E-state index in [0.29, 0.717) is 36.4 Å². The van der Waals surface area contributed by atoms with E-state index in [2.05, 4.69) is 17.0 Å². The van der Waals surface area contributed by atoms with Gasteiger partial charge in [0.1, 0.15) is 16.7 Å². The summed E-state index contributed by atoms with van der Waals surface area (Å²) in [5.41, 5.74) is 2.20. The number of anilines is 1. The molecule has 1 aromatic heterocycles. The molecular formula is C31H32N2O6. The molecule has 3 N–H and O–H groups in total. The van der Waals surface area contributed by atoms with E-state index in [0.717, 1.165) is 18.8 Å². The molecular weight excluding hydrogens is 496 g/mol. The minimum Gasteiger partial charge on any atom is -0.504 e. The van der Waals surface area contributed by atoms with Crippen LogP contribution in [0, 0.1) is 12.8 Å². The summed E-state index contributed by atoms with van der Waals surface area (Å²) in [5, 5.41) is 31.2. The largest absolute Gasteiger partial charge is 0.504 e. The Morgan fingerprint density at radius 1 is 0.897 bits per heavy atom. The van der Waals surface area contributed by atoms with Gasteiger partial charge in [-0.05, 0) is 49.1 Å². The average molecular weight is 529 g/mol. The number of aryl methyl sites for hydroxylation is 1. The molecule has 1 amide bonds.